The van der Waals surface area contributed by atoms with Crippen molar-refractivity contribution in [1.29, 1.82) is 0 Å². The van der Waals surface area contributed by atoms with Crippen molar-refractivity contribution in [2.24, 2.45) is 5.84 Å². The molecule has 0 saturated heterocycles. The van der Waals surface area contributed by atoms with Crippen molar-refractivity contribution in [3.8, 4) is 0 Å². The van der Waals surface area contributed by atoms with E-state index in [9.17, 15) is 4.39 Å². The van der Waals surface area contributed by atoms with E-state index in [2.05, 4.69) is 5.43 Å². The van der Waals surface area contributed by atoms with Gasteiger partial charge in [0.15, 0.2) is 0 Å². The lowest BCUT2D eigenvalue weighted by Gasteiger charge is -2.38. The number of nitrogens with two attached hydrogens (primary N) is 1. The molecule has 18 heavy (non-hydrogen) atoms. The van der Waals surface area contributed by atoms with E-state index < -0.39 is 5.60 Å². The molecule has 0 aliphatic rings. The molecule has 4 heteroatoms. The van der Waals surface area contributed by atoms with Crippen molar-refractivity contribution < 1.29 is 9.13 Å². The lowest BCUT2D eigenvalue weighted by atomic mass is 9.83. The molecule has 0 aliphatic heterocycles. The van der Waals surface area contributed by atoms with Crippen LogP contribution in [0, 0.1) is 12.7 Å². The maximum Gasteiger partial charge on any atom is 0.123 e. The molecule has 0 aliphatic carbocycles. The maximum atomic E-state index is 13.5. The molecule has 0 amide bonds. The second kappa shape index (κ2) is 6.27. The number of hydrazine groups is 1. The first-order valence-electron chi connectivity index (χ1n) is 6.31. The first-order chi connectivity index (χ1) is 8.52. The highest BCUT2D eigenvalue weighted by atomic mass is 19.1. The fourth-order valence-corrected chi connectivity index (χ4v) is 2.55. The second-order valence-corrected chi connectivity index (χ2v) is 4.64. The average Bonchev–Trinajstić information content (AvgIpc) is 2.35. The fourth-order valence-electron chi connectivity index (χ4n) is 2.55. The standard InChI is InChI=1S/C14H23FN2O/c1-5-14(6-2,18-4)13(17-16)11-7-10(3)8-12(15)9-11/h7-9,13,17H,5-6,16H2,1-4H3. The SMILES string of the molecule is CCC(CC)(OC)C(NN)c1cc(C)cc(F)c1. The van der Waals surface area contributed by atoms with Crippen molar-refractivity contribution in [3.05, 3.63) is 35.1 Å². The van der Waals surface area contributed by atoms with E-state index >= 15 is 0 Å². The Labute approximate surface area is 108 Å². The monoisotopic (exact) mass is 254 g/mol. The lowest BCUT2D eigenvalue weighted by molar-refractivity contribution is -0.0487. The number of rotatable bonds is 6. The Bertz CT molecular complexity index is 363. The van der Waals surface area contributed by atoms with E-state index in [1.807, 2.05) is 26.8 Å². The number of halogens is 1. The van der Waals surface area contributed by atoms with E-state index in [0.717, 1.165) is 24.0 Å². The fraction of sp³-hybridized carbons (Fsp3) is 0.571. The van der Waals surface area contributed by atoms with Crippen LogP contribution in [0.1, 0.15) is 43.9 Å². The molecule has 102 valence electrons. The molecule has 0 bridgehead atoms. The van der Waals surface area contributed by atoms with Crippen molar-refractivity contribution in [2.45, 2.75) is 45.3 Å². The number of aryl methyl sites for hydroxylation is 1. The van der Waals surface area contributed by atoms with E-state index in [1.165, 1.54) is 12.1 Å². The molecule has 0 saturated carbocycles. The molecule has 1 unspecified atom stereocenters. The van der Waals surface area contributed by atoms with E-state index in [-0.39, 0.29) is 11.9 Å². The van der Waals surface area contributed by atoms with E-state index in [4.69, 9.17) is 10.6 Å². The number of nitrogens with one attached hydrogen (secondary N) is 1. The minimum atomic E-state index is -0.422. The molecular weight excluding hydrogens is 231 g/mol. The largest absolute Gasteiger partial charge is 0.376 e. The highest BCUT2D eigenvalue weighted by Gasteiger charge is 2.36. The molecule has 1 atom stereocenters. The summed E-state index contributed by atoms with van der Waals surface area (Å²) in [6.07, 6.45) is 1.59. The zero-order valence-electron chi connectivity index (χ0n) is 11.6. The van der Waals surface area contributed by atoms with Crippen molar-refractivity contribution in [1.82, 2.24) is 5.43 Å². The third kappa shape index (κ3) is 2.88. The number of hydrogen-bond donors (Lipinski definition) is 2. The van der Waals surface area contributed by atoms with Crippen molar-refractivity contribution in [2.75, 3.05) is 7.11 Å². The smallest absolute Gasteiger partial charge is 0.123 e. The number of hydrogen-bond acceptors (Lipinski definition) is 3. The molecule has 0 spiro atoms. The van der Waals surface area contributed by atoms with Gasteiger partial charge in [-0.15, -0.1) is 0 Å². The van der Waals surface area contributed by atoms with E-state index in [0.29, 0.717) is 0 Å². The summed E-state index contributed by atoms with van der Waals surface area (Å²) >= 11 is 0. The summed E-state index contributed by atoms with van der Waals surface area (Å²) in [5, 5.41) is 0. The molecule has 3 N–H and O–H groups in total. The van der Waals surface area contributed by atoms with Gasteiger partial charge in [0, 0.05) is 7.11 Å². The summed E-state index contributed by atoms with van der Waals surface area (Å²) < 4.78 is 19.2. The molecule has 1 rings (SSSR count). The molecule has 0 radical (unpaired) electrons. The van der Waals surface area contributed by atoms with Gasteiger partial charge in [0.05, 0.1) is 11.6 Å². The minimum Gasteiger partial charge on any atom is -0.376 e. The predicted molar refractivity (Wildman–Crippen MR) is 71.5 cm³/mol. The number of benzene rings is 1. The Morgan fingerprint density at radius 1 is 1.33 bits per heavy atom. The van der Waals surface area contributed by atoms with Crippen molar-refractivity contribution in [3.63, 3.8) is 0 Å². The molecule has 1 aromatic carbocycles. The highest BCUT2D eigenvalue weighted by molar-refractivity contribution is 5.28. The molecule has 0 fully saturated rings. The van der Waals surface area contributed by atoms with Crippen LogP contribution in [0.15, 0.2) is 18.2 Å². The van der Waals surface area contributed by atoms with Gasteiger partial charge < -0.3 is 4.74 Å². The molecule has 0 aromatic heterocycles. The van der Waals surface area contributed by atoms with E-state index in [1.54, 1.807) is 7.11 Å². The minimum absolute atomic E-state index is 0.230. The number of methoxy groups -OCH3 is 1. The maximum absolute atomic E-state index is 13.5. The predicted octanol–water partition coefficient (Wildman–Crippen LogP) is 2.84. The summed E-state index contributed by atoms with van der Waals surface area (Å²) in [5.41, 5.74) is 4.05. The Morgan fingerprint density at radius 2 is 1.94 bits per heavy atom. The molecule has 0 heterocycles. The van der Waals surface area contributed by atoms with Gasteiger partial charge in [0.25, 0.3) is 0 Å². The van der Waals surface area contributed by atoms with Gasteiger partial charge >= 0.3 is 0 Å². The Kier molecular flexibility index (Phi) is 5.26. The molecule has 3 nitrogen and oxygen atoms in total. The van der Waals surface area contributed by atoms with Crippen LogP contribution in [-0.2, 0) is 4.74 Å². The van der Waals surface area contributed by atoms with Gasteiger partial charge in [-0.05, 0) is 43.0 Å². The van der Waals surface area contributed by atoms with Crippen LogP contribution in [0.5, 0.6) is 0 Å². The van der Waals surface area contributed by atoms with Crippen LogP contribution in [0.25, 0.3) is 0 Å². The quantitative estimate of drug-likeness (QED) is 0.606. The second-order valence-electron chi connectivity index (χ2n) is 4.64. The average molecular weight is 254 g/mol. The normalized spacial score (nSPS) is 13.7. The van der Waals surface area contributed by atoms with Gasteiger partial charge in [-0.1, -0.05) is 19.9 Å². The Hall–Kier alpha value is -0.970. The van der Waals surface area contributed by atoms with Gasteiger partial charge in [-0.25, -0.2) is 4.39 Å². The number of ether oxygens (including phenoxy) is 1. The van der Waals surface area contributed by atoms with Crippen LogP contribution in [0.2, 0.25) is 0 Å². The zero-order chi connectivity index (χ0) is 13.8. The van der Waals surface area contributed by atoms with Gasteiger partial charge in [0.2, 0.25) is 0 Å². The van der Waals surface area contributed by atoms with Crippen molar-refractivity contribution >= 4 is 0 Å². The summed E-state index contributed by atoms with van der Waals surface area (Å²) in [6, 6.07) is 4.72. The first-order valence-corrected chi connectivity index (χ1v) is 6.31. The zero-order valence-corrected chi connectivity index (χ0v) is 11.6. The van der Waals surface area contributed by atoms with Crippen LogP contribution in [0.4, 0.5) is 4.39 Å². The Morgan fingerprint density at radius 3 is 2.33 bits per heavy atom. The lowest BCUT2D eigenvalue weighted by Crippen LogP contribution is -2.47. The van der Waals surface area contributed by atoms with Gasteiger partial charge in [-0.2, -0.15) is 0 Å². The topological polar surface area (TPSA) is 47.3 Å². The van der Waals surface area contributed by atoms with Crippen LogP contribution in [0.3, 0.4) is 0 Å². The summed E-state index contributed by atoms with van der Waals surface area (Å²) in [4.78, 5) is 0. The third-order valence-corrected chi connectivity index (χ3v) is 3.69. The summed E-state index contributed by atoms with van der Waals surface area (Å²) in [5.74, 6) is 5.42. The molecular formula is C14H23FN2O. The van der Waals surface area contributed by atoms with Crippen LogP contribution < -0.4 is 11.3 Å². The summed E-state index contributed by atoms with van der Waals surface area (Å²) in [7, 11) is 1.67. The van der Waals surface area contributed by atoms with Gasteiger partial charge in [0.1, 0.15) is 5.82 Å². The third-order valence-electron chi connectivity index (χ3n) is 3.69. The van der Waals surface area contributed by atoms with Crippen LogP contribution in [-0.4, -0.2) is 12.7 Å². The first kappa shape index (κ1) is 15.1. The Balaban J connectivity index is 3.22. The highest BCUT2D eigenvalue weighted by Crippen LogP contribution is 2.34. The molecule has 1 aromatic rings. The van der Waals surface area contributed by atoms with Gasteiger partial charge in [-0.3, -0.25) is 11.3 Å². The summed E-state index contributed by atoms with van der Waals surface area (Å²) in [6.45, 7) is 5.96. The van der Waals surface area contributed by atoms with Crippen LogP contribution >= 0.6 is 0 Å².